The minimum atomic E-state index is -0.355. The largest absolute Gasteiger partial charge is 0.457 e. The molecule has 0 saturated carbocycles. The molecule has 1 saturated heterocycles. The molecule has 1 aliphatic heterocycles. The molecule has 1 fully saturated rings. The summed E-state index contributed by atoms with van der Waals surface area (Å²) in [5.41, 5.74) is 2.96. The van der Waals surface area contributed by atoms with Crippen molar-refractivity contribution in [3.63, 3.8) is 0 Å². The Balaban J connectivity index is 1.25. The molecule has 0 unspecified atom stereocenters. The van der Waals surface area contributed by atoms with Crippen LogP contribution in [0.2, 0.25) is 0 Å². The lowest BCUT2D eigenvalue weighted by molar-refractivity contribution is -0.117. The van der Waals surface area contributed by atoms with Crippen molar-refractivity contribution in [3.05, 3.63) is 83.9 Å². The molecule has 168 valence electrons. The number of carbonyl (C=O) groups excluding carboxylic acids is 3. The second-order valence-corrected chi connectivity index (χ2v) is 7.87. The molecule has 33 heavy (non-hydrogen) atoms. The van der Waals surface area contributed by atoms with E-state index in [1.807, 2.05) is 31.2 Å². The Kier molecular flexibility index (Phi) is 6.69. The fraction of sp³-hybridized carbons (Fsp3) is 0.192. The summed E-state index contributed by atoms with van der Waals surface area (Å²) < 4.78 is 5.78. The Hall–Kier alpha value is -4.13. The van der Waals surface area contributed by atoms with Crippen LogP contribution in [0.4, 0.5) is 11.4 Å². The van der Waals surface area contributed by atoms with E-state index in [2.05, 4.69) is 10.6 Å². The number of rotatable bonds is 7. The fourth-order valence-electron chi connectivity index (χ4n) is 3.53. The molecule has 0 atom stereocenters. The number of aryl methyl sites for hydroxylation is 1. The predicted molar refractivity (Wildman–Crippen MR) is 127 cm³/mol. The Labute approximate surface area is 192 Å². The van der Waals surface area contributed by atoms with Crippen molar-refractivity contribution in [3.8, 4) is 11.5 Å². The summed E-state index contributed by atoms with van der Waals surface area (Å²) in [5, 5.41) is 5.35. The summed E-state index contributed by atoms with van der Waals surface area (Å²) in [6.07, 6.45) is 1.40. The van der Waals surface area contributed by atoms with Crippen LogP contribution in [0.1, 0.15) is 28.8 Å². The first-order chi connectivity index (χ1) is 16.0. The fourth-order valence-corrected chi connectivity index (χ4v) is 3.53. The van der Waals surface area contributed by atoms with E-state index in [1.54, 1.807) is 53.4 Å². The van der Waals surface area contributed by atoms with Gasteiger partial charge in [0.1, 0.15) is 11.5 Å². The van der Waals surface area contributed by atoms with E-state index in [0.29, 0.717) is 30.0 Å². The third-order valence-corrected chi connectivity index (χ3v) is 5.32. The third-order valence-electron chi connectivity index (χ3n) is 5.32. The standard InChI is InChI=1S/C26H25N3O4/c1-18-4-12-22(13-5-18)33-23-14-8-20(9-15-23)28-24(30)17-27-26(32)19-6-10-21(11-7-19)29-16-2-3-25(29)31/h4-15H,2-3,16-17H2,1H3,(H,27,32)(H,28,30). The van der Waals surface area contributed by atoms with Crippen LogP contribution in [-0.4, -0.2) is 30.8 Å². The van der Waals surface area contributed by atoms with Gasteiger partial charge in [-0.15, -0.1) is 0 Å². The van der Waals surface area contributed by atoms with Crippen LogP contribution in [-0.2, 0) is 9.59 Å². The summed E-state index contributed by atoms with van der Waals surface area (Å²) in [6, 6.07) is 21.5. The predicted octanol–water partition coefficient (Wildman–Crippen LogP) is 4.28. The van der Waals surface area contributed by atoms with E-state index in [0.717, 1.165) is 23.4 Å². The van der Waals surface area contributed by atoms with Crippen LogP contribution in [0.5, 0.6) is 11.5 Å². The van der Waals surface area contributed by atoms with Gasteiger partial charge in [0.25, 0.3) is 5.91 Å². The van der Waals surface area contributed by atoms with Crippen LogP contribution in [0.3, 0.4) is 0 Å². The highest BCUT2D eigenvalue weighted by atomic mass is 16.5. The van der Waals surface area contributed by atoms with Gasteiger partial charge in [-0.1, -0.05) is 17.7 Å². The zero-order valence-electron chi connectivity index (χ0n) is 18.3. The zero-order valence-corrected chi connectivity index (χ0v) is 18.3. The lowest BCUT2D eigenvalue weighted by Gasteiger charge is -2.15. The number of nitrogens with one attached hydrogen (secondary N) is 2. The number of hydrogen-bond acceptors (Lipinski definition) is 4. The molecule has 0 spiro atoms. The molecule has 3 amide bonds. The first kappa shape index (κ1) is 22.1. The molecule has 2 N–H and O–H groups in total. The molecule has 4 rings (SSSR count). The molecule has 0 aromatic heterocycles. The Morgan fingerprint density at radius 1 is 0.909 bits per heavy atom. The van der Waals surface area contributed by atoms with Gasteiger partial charge >= 0.3 is 0 Å². The molecule has 3 aromatic rings. The number of ether oxygens (including phenoxy) is 1. The monoisotopic (exact) mass is 443 g/mol. The molecule has 3 aromatic carbocycles. The van der Waals surface area contributed by atoms with Crippen molar-refractivity contribution in [2.75, 3.05) is 23.3 Å². The quantitative estimate of drug-likeness (QED) is 0.571. The molecule has 0 aliphatic carbocycles. The van der Waals surface area contributed by atoms with Gasteiger partial charge < -0.3 is 20.3 Å². The molecule has 0 bridgehead atoms. The van der Waals surface area contributed by atoms with Gasteiger partial charge in [0, 0.05) is 29.9 Å². The highest BCUT2D eigenvalue weighted by Crippen LogP contribution is 2.23. The molecular formula is C26H25N3O4. The van der Waals surface area contributed by atoms with Crippen LogP contribution >= 0.6 is 0 Å². The van der Waals surface area contributed by atoms with Crippen molar-refractivity contribution in [2.45, 2.75) is 19.8 Å². The van der Waals surface area contributed by atoms with E-state index in [9.17, 15) is 14.4 Å². The van der Waals surface area contributed by atoms with Gasteiger partial charge in [0.2, 0.25) is 11.8 Å². The van der Waals surface area contributed by atoms with E-state index in [4.69, 9.17) is 4.74 Å². The average molecular weight is 444 g/mol. The second kappa shape index (κ2) is 9.99. The summed E-state index contributed by atoms with van der Waals surface area (Å²) in [4.78, 5) is 38.1. The molecule has 7 heteroatoms. The number of hydrogen-bond donors (Lipinski definition) is 2. The molecule has 1 heterocycles. The van der Waals surface area contributed by atoms with E-state index < -0.39 is 0 Å². The minimum absolute atomic E-state index is 0.0959. The highest BCUT2D eigenvalue weighted by molar-refractivity contribution is 6.00. The SMILES string of the molecule is Cc1ccc(Oc2ccc(NC(=O)CNC(=O)c3ccc(N4CCCC4=O)cc3)cc2)cc1. The summed E-state index contributed by atoms with van der Waals surface area (Å²) in [5.74, 6) is 0.795. The highest BCUT2D eigenvalue weighted by Gasteiger charge is 2.21. The van der Waals surface area contributed by atoms with E-state index in [-0.39, 0.29) is 24.3 Å². The lowest BCUT2D eigenvalue weighted by atomic mass is 10.2. The van der Waals surface area contributed by atoms with Gasteiger partial charge in [-0.05, 0) is 74.0 Å². The maximum atomic E-state index is 12.3. The van der Waals surface area contributed by atoms with E-state index in [1.165, 1.54) is 0 Å². The third kappa shape index (κ3) is 5.77. The zero-order chi connectivity index (χ0) is 23.2. The number of amides is 3. The molecule has 1 aliphatic rings. The van der Waals surface area contributed by atoms with Crippen LogP contribution in [0, 0.1) is 6.92 Å². The van der Waals surface area contributed by atoms with Crippen molar-refractivity contribution >= 4 is 29.1 Å². The minimum Gasteiger partial charge on any atom is -0.457 e. The maximum absolute atomic E-state index is 12.3. The van der Waals surface area contributed by atoms with Crippen molar-refractivity contribution < 1.29 is 19.1 Å². The Morgan fingerprint density at radius 3 is 2.15 bits per heavy atom. The normalized spacial score (nSPS) is 13.0. The van der Waals surface area contributed by atoms with Crippen LogP contribution in [0.15, 0.2) is 72.8 Å². The van der Waals surface area contributed by atoms with E-state index >= 15 is 0 Å². The first-order valence-electron chi connectivity index (χ1n) is 10.8. The summed E-state index contributed by atoms with van der Waals surface area (Å²) in [6.45, 7) is 2.55. The Bertz CT molecular complexity index is 1140. The van der Waals surface area contributed by atoms with Gasteiger partial charge in [-0.25, -0.2) is 0 Å². The number of carbonyl (C=O) groups is 3. The van der Waals surface area contributed by atoms with Gasteiger partial charge in [0.05, 0.1) is 6.54 Å². The van der Waals surface area contributed by atoms with Crippen molar-refractivity contribution in [2.24, 2.45) is 0 Å². The number of nitrogens with zero attached hydrogens (tertiary/aromatic N) is 1. The summed E-state index contributed by atoms with van der Waals surface area (Å²) in [7, 11) is 0. The molecule has 0 radical (unpaired) electrons. The molecular weight excluding hydrogens is 418 g/mol. The van der Waals surface area contributed by atoms with Crippen molar-refractivity contribution in [1.29, 1.82) is 0 Å². The van der Waals surface area contributed by atoms with Crippen LogP contribution in [0.25, 0.3) is 0 Å². The van der Waals surface area contributed by atoms with Crippen molar-refractivity contribution in [1.82, 2.24) is 5.32 Å². The van der Waals surface area contributed by atoms with Gasteiger partial charge in [0.15, 0.2) is 0 Å². The maximum Gasteiger partial charge on any atom is 0.251 e. The Morgan fingerprint density at radius 2 is 1.55 bits per heavy atom. The first-order valence-corrected chi connectivity index (χ1v) is 10.8. The smallest absolute Gasteiger partial charge is 0.251 e. The second-order valence-electron chi connectivity index (χ2n) is 7.87. The number of benzene rings is 3. The average Bonchev–Trinajstić information content (AvgIpc) is 3.26. The molecule has 7 nitrogen and oxygen atoms in total. The van der Waals surface area contributed by atoms with Crippen LogP contribution < -0.4 is 20.3 Å². The van der Waals surface area contributed by atoms with Gasteiger partial charge in [-0.2, -0.15) is 0 Å². The summed E-state index contributed by atoms with van der Waals surface area (Å²) >= 11 is 0. The lowest BCUT2D eigenvalue weighted by Crippen LogP contribution is -2.32. The topological polar surface area (TPSA) is 87.7 Å². The van der Waals surface area contributed by atoms with Gasteiger partial charge in [-0.3, -0.25) is 14.4 Å². The number of anilines is 2.